The second-order valence-corrected chi connectivity index (χ2v) is 13.0. The molecule has 11 heteroatoms. The maximum atomic E-state index is 13.5. The zero-order valence-corrected chi connectivity index (χ0v) is 28.9. The first kappa shape index (κ1) is 37.5. The predicted octanol–water partition coefficient (Wildman–Crippen LogP) is 1.76. The third-order valence-corrected chi connectivity index (χ3v) is 9.52. The Balaban J connectivity index is 0.00000541. The van der Waals surface area contributed by atoms with Gasteiger partial charge in [-0.1, -0.05) is 72.8 Å². The third kappa shape index (κ3) is 11.1. The van der Waals surface area contributed by atoms with Crippen molar-refractivity contribution in [3.05, 3.63) is 96.1 Å². The molecule has 2 fully saturated rings. The van der Waals surface area contributed by atoms with E-state index in [-0.39, 0.29) is 42.0 Å². The van der Waals surface area contributed by atoms with Crippen molar-refractivity contribution < 1.29 is 46.5 Å². The van der Waals surface area contributed by atoms with E-state index in [0.29, 0.717) is 49.4 Å². The molecule has 0 bridgehead atoms. The van der Waals surface area contributed by atoms with E-state index in [2.05, 4.69) is 24.3 Å². The van der Waals surface area contributed by atoms with Gasteiger partial charge in [-0.2, -0.15) is 0 Å². The van der Waals surface area contributed by atoms with E-state index in [1.807, 2.05) is 36.4 Å². The molecule has 3 aromatic rings. The summed E-state index contributed by atoms with van der Waals surface area (Å²) in [5.41, 5.74) is 3.21. The quantitative estimate of drug-likeness (QED) is 0.232. The summed E-state index contributed by atoms with van der Waals surface area (Å²) in [5.74, 6) is -2.26. The number of para-hydroxylation sites is 2. The van der Waals surface area contributed by atoms with Gasteiger partial charge >= 0.3 is 17.1 Å². The molecule has 2 aliphatic heterocycles. The van der Waals surface area contributed by atoms with Crippen LogP contribution in [-0.2, 0) is 49.1 Å². The van der Waals surface area contributed by atoms with Crippen molar-refractivity contribution in [3.63, 3.8) is 0 Å². The van der Waals surface area contributed by atoms with Gasteiger partial charge in [0.05, 0.1) is 49.5 Å². The minimum Gasteiger partial charge on any atom is -0.548 e. The van der Waals surface area contributed by atoms with Crippen molar-refractivity contribution in [2.45, 2.75) is 38.5 Å². The maximum absolute atomic E-state index is 13.5. The molecule has 2 saturated heterocycles. The monoisotopic (exact) mass is 707 g/mol. The third-order valence-electron chi connectivity index (χ3n) is 9.52. The summed E-state index contributed by atoms with van der Waals surface area (Å²) in [4.78, 5) is 57.1. The van der Waals surface area contributed by atoms with Crippen molar-refractivity contribution >= 4 is 35.1 Å². The van der Waals surface area contributed by atoms with Crippen molar-refractivity contribution in [1.29, 1.82) is 0 Å². The molecule has 0 aromatic heterocycles. The summed E-state index contributed by atoms with van der Waals surface area (Å²) in [5, 5.41) is 23.8. The van der Waals surface area contributed by atoms with Gasteiger partial charge in [-0.25, -0.2) is 0 Å². The normalized spacial score (nSPS) is 15.3. The van der Waals surface area contributed by atoms with Crippen LogP contribution >= 0.6 is 0 Å². The second kappa shape index (κ2) is 18.4. The summed E-state index contributed by atoms with van der Waals surface area (Å²) in [6.07, 6.45) is 5.30. The molecule has 259 valence electrons. The van der Waals surface area contributed by atoms with E-state index in [9.17, 15) is 29.4 Å². The van der Waals surface area contributed by atoms with Crippen LogP contribution in [0.4, 0.5) is 11.4 Å². The number of carbonyl (C=O) groups is 4. The molecule has 0 N–H and O–H groups in total. The van der Waals surface area contributed by atoms with Crippen LogP contribution in [0, 0.1) is 11.8 Å². The first-order chi connectivity index (χ1) is 23.2. The smallest absolute Gasteiger partial charge is 0.548 e. The Morgan fingerprint density at radius 3 is 1.18 bits per heavy atom. The van der Waals surface area contributed by atoms with Gasteiger partial charge in [0, 0.05) is 26.2 Å². The average Bonchev–Trinajstić information content (AvgIpc) is 3.09. The van der Waals surface area contributed by atoms with E-state index < -0.39 is 25.0 Å². The Morgan fingerprint density at radius 2 is 0.857 bits per heavy atom. The molecule has 49 heavy (non-hydrogen) atoms. The van der Waals surface area contributed by atoms with Gasteiger partial charge in [-0.15, -0.1) is 0 Å². The van der Waals surface area contributed by atoms with Gasteiger partial charge in [0.2, 0.25) is 11.8 Å². The molecule has 0 atom stereocenters. The summed E-state index contributed by atoms with van der Waals surface area (Å²) in [7, 11) is 0. The molecule has 2 aliphatic rings. The molecule has 0 aliphatic carbocycles. The number of carboxylic acids is 2. The van der Waals surface area contributed by atoms with E-state index in [1.54, 1.807) is 34.1 Å². The molecular formula is C38H44MnN4O6. The number of carbonyl (C=O) groups excluding carboxylic acids is 4. The minimum atomic E-state index is -1.37. The second-order valence-electron chi connectivity index (χ2n) is 13.0. The standard InChI is InChI=1S/C38H46N4O6.Mn/c43-35(39-19-15-31(16-20-39)23-29-9-3-1-4-10-29)25-41(27-37(45)46)33-13-7-8-14-34(33)42(28-38(47)48)26-36(44)40-21-17-32(18-22-40)24-30-11-5-2-6-12-30;/h1-14,31-32H,15-28H2,(H,45,46)(H,47,48);/q;+2/p-2. The number of carboxylic acid groups (broad SMARTS) is 2. The van der Waals surface area contributed by atoms with Crippen LogP contribution < -0.4 is 20.0 Å². The van der Waals surface area contributed by atoms with Gasteiger partial charge < -0.3 is 39.4 Å². The average molecular weight is 708 g/mol. The van der Waals surface area contributed by atoms with Gasteiger partial charge in [0.25, 0.3) is 0 Å². The van der Waals surface area contributed by atoms with E-state index >= 15 is 0 Å². The zero-order chi connectivity index (χ0) is 33.9. The van der Waals surface area contributed by atoms with Crippen molar-refractivity contribution in [2.75, 3.05) is 62.2 Å². The Bertz CT molecular complexity index is 1410. The van der Waals surface area contributed by atoms with Gasteiger partial charge in [0.15, 0.2) is 0 Å². The van der Waals surface area contributed by atoms with E-state index in [4.69, 9.17) is 0 Å². The largest absolute Gasteiger partial charge is 2.00 e. The fraction of sp³-hybridized carbons (Fsp3) is 0.421. The number of hydrogen-bond acceptors (Lipinski definition) is 8. The molecule has 0 spiro atoms. The van der Waals surface area contributed by atoms with Crippen LogP contribution in [0.25, 0.3) is 0 Å². The number of anilines is 2. The van der Waals surface area contributed by atoms with Gasteiger partial charge in [-0.05, 0) is 73.6 Å². The molecule has 0 unspecified atom stereocenters. The summed E-state index contributed by atoms with van der Waals surface area (Å²) in [6.45, 7) is 0.696. The molecule has 3 aromatic carbocycles. The Hall–Kier alpha value is -4.34. The summed E-state index contributed by atoms with van der Waals surface area (Å²) < 4.78 is 0. The molecule has 1 radical (unpaired) electrons. The van der Waals surface area contributed by atoms with Crippen LogP contribution in [0.5, 0.6) is 0 Å². The van der Waals surface area contributed by atoms with E-state index in [1.165, 1.54) is 20.9 Å². The zero-order valence-electron chi connectivity index (χ0n) is 27.8. The fourth-order valence-electron chi connectivity index (χ4n) is 6.96. The maximum Gasteiger partial charge on any atom is 2.00 e. The van der Waals surface area contributed by atoms with Crippen LogP contribution in [0.3, 0.4) is 0 Å². The van der Waals surface area contributed by atoms with Crippen LogP contribution in [0.1, 0.15) is 36.8 Å². The molecular weight excluding hydrogens is 663 g/mol. The number of benzene rings is 3. The number of hydrogen-bond donors (Lipinski definition) is 0. The fourth-order valence-corrected chi connectivity index (χ4v) is 6.96. The molecule has 2 amide bonds. The number of nitrogens with zero attached hydrogens (tertiary/aromatic N) is 4. The minimum absolute atomic E-state index is 0. The number of piperidine rings is 2. The van der Waals surface area contributed by atoms with Crippen molar-refractivity contribution in [1.82, 2.24) is 9.80 Å². The Morgan fingerprint density at radius 1 is 0.531 bits per heavy atom. The molecule has 10 nitrogen and oxygen atoms in total. The molecule has 0 saturated carbocycles. The predicted molar refractivity (Wildman–Crippen MR) is 180 cm³/mol. The molecule has 2 heterocycles. The van der Waals surface area contributed by atoms with Gasteiger partial charge in [-0.3, -0.25) is 9.59 Å². The first-order valence-corrected chi connectivity index (χ1v) is 16.9. The first-order valence-electron chi connectivity index (χ1n) is 16.9. The topological polar surface area (TPSA) is 127 Å². The number of amides is 2. The summed E-state index contributed by atoms with van der Waals surface area (Å²) >= 11 is 0. The summed E-state index contributed by atoms with van der Waals surface area (Å²) in [6, 6.07) is 27.2. The van der Waals surface area contributed by atoms with Crippen molar-refractivity contribution in [2.24, 2.45) is 11.8 Å². The van der Waals surface area contributed by atoms with Crippen molar-refractivity contribution in [3.8, 4) is 0 Å². The van der Waals surface area contributed by atoms with Crippen LogP contribution in [0.2, 0.25) is 0 Å². The number of likely N-dealkylation sites (tertiary alicyclic amines) is 2. The van der Waals surface area contributed by atoms with Gasteiger partial charge in [0.1, 0.15) is 0 Å². The Labute approximate surface area is 299 Å². The number of aliphatic carboxylic acids is 2. The van der Waals surface area contributed by atoms with Crippen LogP contribution in [-0.4, -0.2) is 85.9 Å². The molecule has 5 rings (SSSR count). The van der Waals surface area contributed by atoms with Crippen LogP contribution in [0.15, 0.2) is 84.9 Å². The number of rotatable bonds is 14. The Kier molecular flexibility index (Phi) is 14.1. The SMILES string of the molecule is O=C([O-])CN(CC(=O)N1CCC(Cc2ccccc2)CC1)c1ccccc1N(CC(=O)[O-])CC(=O)N1CCC(Cc2ccccc2)CC1.[Mn+2]. The van der Waals surface area contributed by atoms with E-state index in [0.717, 1.165) is 38.5 Å².